The fourth-order valence-corrected chi connectivity index (χ4v) is 4.96. The molecule has 3 rings (SSSR count). The number of aryl methyl sites for hydroxylation is 1. The van der Waals surface area contributed by atoms with Gasteiger partial charge in [0.2, 0.25) is 5.91 Å². The van der Waals surface area contributed by atoms with Gasteiger partial charge in [-0.1, -0.05) is 41.9 Å². The fourth-order valence-electron chi connectivity index (χ4n) is 3.40. The third-order valence-electron chi connectivity index (χ3n) is 5.11. The summed E-state index contributed by atoms with van der Waals surface area (Å²) in [6.07, 6.45) is 0. The van der Waals surface area contributed by atoms with Crippen molar-refractivity contribution in [1.29, 1.82) is 0 Å². The first-order chi connectivity index (χ1) is 16.7. The molecule has 3 aromatic rings. The lowest BCUT2D eigenvalue weighted by atomic mass is 10.2. The molecule has 0 fully saturated rings. The van der Waals surface area contributed by atoms with Crippen LogP contribution in [0.3, 0.4) is 0 Å². The third-order valence-corrected chi connectivity index (χ3v) is 7.14. The van der Waals surface area contributed by atoms with Crippen molar-refractivity contribution in [3.8, 4) is 11.5 Å². The van der Waals surface area contributed by atoms with Gasteiger partial charge in [-0.25, -0.2) is 8.42 Å². The first-order valence-electron chi connectivity index (χ1n) is 11.2. The van der Waals surface area contributed by atoms with Gasteiger partial charge in [-0.3, -0.25) is 9.10 Å². The molecule has 1 amide bonds. The van der Waals surface area contributed by atoms with Crippen molar-refractivity contribution in [3.63, 3.8) is 0 Å². The molecule has 0 saturated carbocycles. The number of carbonyl (C=O) groups excluding carboxylic acids is 1. The van der Waals surface area contributed by atoms with Crippen LogP contribution in [0.15, 0.2) is 77.7 Å². The number of nitrogens with zero attached hydrogens (tertiary/aromatic N) is 1. The second-order valence-electron chi connectivity index (χ2n) is 7.91. The largest absolute Gasteiger partial charge is 0.492 e. The van der Waals surface area contributed by atoms with Crippen molar-refractivity contribution >= 4 is 33.2 Å². The Balaban J connectivity index is 1.82. The number of anilines is 1. The standard InChI is InChI=1S/C26H29ClN2O5S/c1-4-33-25-12-8-6-10-23(25)29(35(31,32)22-15-13-21(27)14-16-22)17-26(30)28-20(3)18-34-24-11-7-5-9-19(24)2/h5-16,20H,4,17-18H2,1-3H3,(H,28,30). The van der Waals surface area contributed by atoms with Crippen LogP contribution in [0.25, 0.3) is 0 Å². The van der Waals surface area contributed by atoms with Crippen molar-refractivity contribution < 1.29 is 22.7 Å². The average Bonchev–Trinajstić information content (AvgIpc) is 2.83. The van der Waals surface area contributed by atoms with Gasteiger partial charge in [-0.15, -0.1) is 0 Å². The first-order valence-corrected chi connectivity index (χ1v) is 13.0. The Bertz CT molecular complexity index is 1250. The lowest BCUT2D eigenvalue weighted by Gasteiger charge is -2.26. The molecule has 1 unspecified atom stereocenters. The maximum Gasteiger partial charge on any atom is 0.264 e. The normalized spacial score (nSPS) is 12.0. The van der Waals surface area contributed by atoms with Crippen LogP contribution in [0, 0.1) is 6.92 Å². The zero-order valence-electron chi connectivity index (χ0n) is 19.9. The maximum atomic E-state index is 13.6. The van der Waals surface area contributed by atoms with Crippen LogP contribution in [0.4, 0.5) is 5.69 Å². The lowest BCUT2D eigenvalue weighted by molar-refractivity contribution is -0.120. The van der Waals surface area contributed by atoms with Gasteiger partial charge in [-0.2, -0.15) is 0 Å². The lowest BCUT2D eigenvalue weighted by Crippen LogP contribution is -2.45. The summed E-state index contributed by atoms with van der Waals surface area (Å²) in [7, 11) is -4.10. The summed E-state index contributed by atoms with van der Waals surface area (Å²) in [5.41, 5.74) is 1.25. The number of para-hydroxylation sites is 3. The predicted octanol–water partition coefficient (Wildman–Crippen LogP) is 4.83. The van der Waals surface area contributed by atoms with Gasteiger partial charge in [0.15, 0.2) is 0 Å². The van der Waals surface area contributed by atoms with Crippen LogP contribution in [-0.4, -0.2) is 40.1 Å². The molecule has 0 radical (unpaired) electrons. The Labute approximate surface area is 211 Å². The third kappa shape index (κ3) is 6.90. The number of carbonyl (C=O) groups is 1. The number of amides is 1. The molecular weight excluding hydrogens is 488 g/mol. The van der Waals surface area contributed by atoms with E-state index in [-0.39, 0.29) is 23.2 Å². The van der Waals surface area contributed by atoms with Crippen molar-refractivity contribution in [2.75, 3.05) is 24.1 Å². The van der Waals surface area contributed by atoms with E-state index in [9.17, 15) is 13.2 Å². The molecule has 0 spiro atoms. The summed E-state index contributed by atoms with van der Waals surface area (Å²) in [5.74, 6) is 0.609. The molecular formula is C26H29ClN2O5S. The van der Waals surface area contributed by atoms with Gasteiger partial charge in [0.25, 0.3) is 10.0 Å². The molecule has 1 atom stereocenters. The number of rotatable bonds is 11. The van der Waals surface area contributed by atoms with Gasteiger partial charge >= 0.3 is 0 Å². The summed E-state index contributed by atoms with van der Waals surface area (Å²) in [6, 6.07) is 19.7. The monoisotopic (exact) mass is 516 g/mol. The van der Waals surface area contributed by atoms with E-state index in [4.69, 9.17) is 21.1 Å². The smallest absolute Gasteiger partial charge is 0.264 e. The van der Waals surface area contributed by atoms with Crippen molar-refractivity contribution in [1.82, 2.24) is 5.32 Å². The Kier molecular flexibility index (Phi) is 9.01. The van der Waals surface area contributed by atoms with Crippen LogP contribution >= 0.6 is 11.6 Å². The minimum Gasteiger partial charge on any atom is -0.492 e. The quantitative estimate of drug-likeness (QED) is 0.394. The summed E-state index contributed by atoms with van der Waals surface area (Å²) >= 11 is 5.95. The highest BCUT2D eigenvalue weighted by molar-refractivity contribution is 7.92. The molecule has 9 heteroatoms. The zero-order chi connectivity index (χ0) is 25.4. The highest BCUT2D eigenvalue weighted by Crippen LogP contribution is 2.32. The summed E-state index contributed by atoms with van der Waals surface area (Å²) in [6.45, 7) is 5.67. The van der Waals surface area contributed by atoms with Crippen molar-refractivity contribution in [2.45, 2.75) is 31.7 Å². The number of hydrogen-bond donors (Lipinski definition) is 1. The van der Waals surface area contributed by atoms with E-state index in [0.717, 1.165) is 15.6 Å². The van der Waals surface area contributed by atoms with Crippen LogP contribution in [0.2, 0.25) is 5.02 Å². The van der Waals surface area contributed by atoms with Crippen LogP contribution in [-0.2, 0) is 14.8 Å². The highest BCUT2D eigenvalue weighted by atomic mass is 35.5. The zero-order valence-corrected chi connectivity index (χ0v) is 21.5. The minimum atomic E-state index is -4.10. The van der Waals surface area contributed by atoms with E-state index in [1.54, 1.807) is 38.1 Å². The highest BCUT2D eigenvalue weighted by Gasteiger charge is 2.29. The Morgan fingerprint density at radius 3 is 2.26 bits per heavy atom. The van der Waals surface area contributed by atoms with E-state index < -0.39 is 22.5 Å². The number of ether oxygens (including phenoxy) is 2. The van der Waals surface area contributed by atoms with Gasteiger partial charge in [0.05, 0.1) is 23.2 Å². The van der Waals surface area contributed by atoms with E-state index in [1.165, 1.54) is 24.3 Å². The number of hydrogen-bond acceptors (Lipinski definition) is 5. The molecule has 0 saturated heterocycles. The van der Waals surface area contributed by atoms with Crippen molar-refractivity contribution in [2.24, 2.45) is 0 Å². The molecule has 0 aromatic heterocycles. The number of benzene rings is 3. The number of sulfonamides is 1. The first kappa shape index (κ1) is 26.4. The molecule has 0 aliphatic heterocycles. The second-order valence-corrected chi connectivity index (χ2v) is 10.2. The Morgan fingerprint density at radius 2 is 1.60 bits per heavy atom. The summed E-state index contributed by atoms with van der Waals surface area (Å²) in [4.78, 5) is 13.0. The maximum absolute atomic E-state index is 13.6. The molecule has 0 aliphatic carbocycles. The van der Waals surface area contributed by atoms with E-state index >= 15 is 0 Å². The molecule has 35 heavy (non-hydrogen) atoms. The summed E-state index contributed by atoms with van der Waals surface area (Å²) < 4.78 is 39.7. The van der Waals surface area contributed by atoms with Gasteiger partial charge < -0.3 is 14.8 Å². The molecule has 0 aliphatic rings. The topological polar surface area (TPSA) is 84.9 Å². The Morgan fingerprint density at radius 1 is 0.971 bits per heavy atom. The molecule has 186 valence electrons. The number of nitrogens with one attached hydrogen (secondary N) is 1. The predicted molar refractivity (Wildman–Crippen MR) is 138 cm³/mol. The van der Waals surface area contributed by atoms with E-state index in [1.807, 2.05) is 31.2 Å². The van der Waals surface area contributed by atoms with Crippen LogP contribution < -0.4 is 19.1 Å². The molecule has 3 aromatic carbocycles. The van der Waals surface area contributed by atoms with Gasteiger partial charge in [0, 0.05) is 5.02 Å². The molecule has 1 N–H and O–H groups in total. The fraction of sp³-hybridized carbons (Fsp3) is 0.269. The van der Waals surface area contributed by atoms with Gasteiger partial charge in [-0.05, 0) is 68.8 Å². The molecule has 0 bridgehead atoms. The van der Waals surface area contributed by atoms with Crippen molar-refractivity contribution in [3.05, 3.63) is 83.4 Å². The van der Waals surface area contributed by atoms with Gasteiger partial charge in [0.1, 0.15) is 24.7 Å². The van der Waals surface area contributed by atoms with Crippen LogP contribution in [0.1, 0.15) is 19.4 Å². The van der Waals surface area contributed by atoms with Crippen LogP contribution in [0.5, 0.6) is 11.5 Å². The molecule has 0 heterocycles. The summed E-state index contributed by atoms with van der Waals surface area (Å²) in [5, 5.41) is 3.23. The Hall–Kier alpha value is -3.23. The van der Waals surface area contributed by atoms with E-state index in [0.29, 0.717) is 17.4 Å². The SMILES string of the molecule is CCOc1ccccc1N(CC(=O)NC(C)COc1ccccc1C)S(=O)(=O)c1ccc(Cl)cc1. The number of halogens is 1. The molecule has 7 nitrogen and oxygen atoms in total. The van der Waals surface area contributed by atoms with E-state index in [2.05, 4.69) is 5.32 Å². The minimum absolute atomic E-state index is 0.0111. The average molecular weight is 517 g/mol. The second kappa shape index (κ2) is 12.0.